The normalized spacial score (nSPS) is 23.0. The van der Waals surface area contributed by atoms with E-state index >= 15 is 0 Å². The molecule has 4 nitrogen and oxygen atoms in total. The molecule has 4 rings (SSSR count). The third kappa shape index (κ3) is 3.07. The molecule has 1 aromatic carbocycles. The Kier molecular flexibility index (Phi) is 4.53. The molecule has 1 aromatic heterocycles. The van der Waals surface area contributed by atoms with Crippen molar-refractivity contribution in [3.8, 4) is 0 Å². The molecule has 0 bridgehead atoms. The zero-order chi connectivity index (χ0) is 17.4. The average Bonchev–Trinajstić information content (AvgIpc) is 3.33. The van der Waals surface area contributed by atoms with Gasteiger partial charge in [0.05, 0.1) is 11.0 Å². The minimum Gasteiger partial charge on any atom is -0.339 e. The lowest BCUT2D eigenvalue weighted by molar-refractivity contribution is -0.129. The summed E-state index contributed by atoms with van der Waals surface area (Å²) in [5, 5.41) is 0. The van der Waals surface area contributed by atoms with E-state index in [0.29, 0.717) is 24.3 Å². The molecule has 1 saturated heterocycles. The van der Waals surface area contributed by atoms with Crippen molar-refractivity contribution >= 4 is 16.9 Å². The molecule has 0 radical (unpaired) electrons. The van der Waals surface area contributed by atoms with Gasteiger partial charge in [-0.3, -0.25) is 4.79 Å². The highest BCUT2D eigenvalue weighted by molar-refractivity contribution is 5.81. The predicted molar refractivity (Wildman–Crippen MR) is 101 cm³/mol. The van der Waals surface area contributed by atoms with Gasteiger partial charge in [0.1, 0.15) is 5.82 Å². The van der Waals surface area contributed by atoms with Gasteiger partial charge in [-0.15, -0.1) is 0 Å². The van der Waals surface area contributed by atoms with Crippen LogP contribution in [0.15, 0.2) is 24.3 Å². The second-order valence-electron chi connectivity index (χ2n) is 7.97. The minimum absolute atomic E-state index is 0.240. The summed E-state index contributed by atoms with van der Waals surface area (Å²) in [6.45, 7) is 6.38. The smallest absolute Gasteiger partial charge is 0.223 e. The third-order valence-electron chi connectivity index (χ3n) is 6.16. The Labute approximate surface area is 150 Å². The van der Waals surface area contributed by atoms with E-state index in [0.717, 1.165) is 30.9 Å². The van der Waals surface area contributed by atoms with Crippen molar-refractivity contribution in [1.29, 1.82) is 0 Å². The van der Waals surface area contributed by atoms with Crippen molar-refractivity contribution in [3.05, 3.63) is 30.1 Å². The molecule has 134 valence electrons. The van der Waals surface area contributed by atoms with Crippen LogP contribution in [0.2, 0.25) is 0 Å². The summed E-state index contributed by atoms with van der Waals surface area (Å²) in [7, 11) is 0. The van der Waals surface area contributed by atoms with Crippen molar-refractivity contribution < 1.29 is 4.79 Å². The Balaban J connectivity index is 1.66. The lowest BCUT2D eigenvalue weighted by Crippen LogP contribution is -2.34. The highest BCUT2D eigenvalue weighted by Crippen LogP contribution is 2.35. The molecule has 0 N–H and O–H groups in total. The quantitative estimate of drug-likeness (QED) is 0.812. The number of rotatable bonds is 5. The van der Waals surface area contributed by atoms with Crippen LogP contribution in [-0.4, -0.2) is 32.9 Å². The summed E-state index contributed by atoms with van der Waals surface area (Å²) in [4.78, 5) is 19.8. The molecule has 1 aliphatic carbocycles. The van der Waals surface area contributed by atoms with E-state index in [1.165, 1.54) is 31.2 Å². The molecule has 2 unspecified atom stereocenters. The molecule has 0 spiro atoms. The molecule has 2 atom stereocenters. The Morgan fingerprint density at radius 1 is 1.24 bits per heavy atom. The fourth-order valence-electron chi connectivity index (χ4n) is 4.51. The van der Waals surface area contributed by atoms with Gasteiger partial charge in [0.2, 0.25) is 5.91 Å². The molecule has 4 heteroatoms. The topological polar surface area (TPSA) is 38.1 Å². The number of fused-ring (bicyclic) bond motifs is 1. The second kappa shape index (κ2) is 6.81. The van der Waals surface area contributed by atoms with Crippen LogP contribution in [0.1, 0.15) is 64.1 Å². The summed E-state index contributed by atoms with van der Waals surface area (Å²) in [5.41, 5.74) is 2.28. The van der Waals surface area contributed by atoms with Gasteiger partial charge in [-0.2, -0.15) is 0 Å². The maximum atomic E-state index is 12.6. The fourth-order valence-corrected chi connectivity index (χ4v) is 4.51. The van der Waals surface area contributed by atoms with Gasteiger partial charge in [0.15, 0.2) is 0 Å². The summed E-state index contributed by atoms with van der Waals surface area (Å²) >= 11 is 0. The number of amides is 1. The van der Waals surface area contributed by atoms with Crippen LogP contribution in [0.5, 0.6) is 0 Å². The van der Waals surface area contributed by atoms with Crippen LogP contribution >= 0.6 is 0 Å². The van der Waals surface area contributed by atoms with E-state index in [9.17, 15) is 4.79 Å². The molecular weight excluding hydrogens is 310 g/mol. The predicted octanol–water partition coefficient (Wildman–Crippen LogP) is 4.34. The number of imidazole rings is 1. The maximum Gasteiger partial charge on any atom is 0.223 e. The van der Waals surface area contributed by atoms with E-state index in [-0.39, 0.29) is 5.92 Å². The van der Waals surface area contributed by atoms with Crippen LogP contribution in [0, 0.1) is 5.92 Å². The number of carbonyl (C=O) groups is 1. The van der Waals surface area contributed by atoms with Gasteiger partial charge in [-0.05, 0) is 30.9 Å². The monoisotopic (exact) mass is 339 g/mol. The number of nitrogens with zero attached hydrogens (tertiary/aromatic N) is 3. The summed E-state index contributed by atoms with van der Waals surface area (Å²) in [5.74, 6) is 2.30. The van der Waals surface area contributed by atoms with E-state index in [1.807, 2.05) is 0 Å². The van der Waals surface area contributed by atoms with Gasteiger partial charge in [0.25, 0.3) is 0 Å². The lowest BCUT2D eigenvalue weighted by Gasteiger charge is -2.24. The van der Waals surface area contributed by atoms with Crippen molar-refractivity contribution in [2.45, 2.75) is 70.9 Å². The van der Waals surface area contributed by atoms with Crippen LogP contribution in [0.4, 0.5) is 0 Å². The number of carbonyl (C=O) groups excluding carboxylic acids is 1. The first-order valence-electron chi connectivity index (χ1n) is 9.92. The van der Waals surface area contributed by atoms with Gasteiger partial charge in [0, 0.05) is 31.5 Å². The Morgan fingerprint density at radius 3 is 2.76 bits per heavy atom. The Bertz CT molecular complexity index is 760. The van der Waals surface area contributed by atoms with Gasteiger partial charge < -0.3 is 9.47 Å². The molecule has 25 heavy (non-hydrogen) atoms. The van der Waals surface area contributed by atoms with Crippen molar-refractivity contribution in [1.82, 2.24) is 14.5 Å². The standard InChI is InChI=1S/C21H29N3O/c1-3-15(2)13-24-19-11-7-6-10-18(19)22-21(24)16-12-20(25)23(14-16)17-8-4-5-9-17/h6-7,10-11,15-17H,3-5,8-9,12-14H2,1-2H3. The summed E-state index contributed by atoms with van der Waals surface area (Å²) in [6, 6.07) is 8.88. The molecular formula is C21H29N3O. The average molecular weight is 339 g/mol. The number of benzene rings is 1. The first-order valence-corrected chi connectivity index (χ1v) is 9.92. The molecule has 1 amide bonds. The number of likely N-dealkylation sites (tertiary alicyclic amines) is 1. The summed E-state index contributed by atoms with van der Waals surface area (Å²) < 4.78 is 2.39. The van der Waals surface area contributed by atoms with Crippen molar-refractivity contribution in [2.75, 3.05) is 6.54 Å². The molecule has 1 saturated carbocycles. The fraction of sp³-hybridized carbons (Fsp3) is 0.619. The molecule has 1 aliphatic heterocycles. The zero-order valence-electron chi connectivity index (χ0n) is 15.4. The van der Waals surface area contributed by atoms with Gasteiger partial charge in [-0.1, -0.05) is 45.2 Å². The van der Waals surface area contributed by atoms with Crippen LogP contribution in [0.25, 0.3) is 11.0 Å². The summed E-state index contributed by atoms with van der Waals surface area (Å²) in [6.07, 6.45) is 6.69. The largest absolute Gasteiger partial charge is 0.339 e. The van der Waals surface area contributed by atoms with Crippen LogP contribution < -0.4 is 0 Å². The highest BCUT2D eigenvalue weighted by atomic mass is 16.2. The highest BCUT2D eigenvalue weighted by Gasteiger charge is 2.38. The molecule has 2 aliphatic rings. The Morgan fingerprint density at radius 2 is 2.00 bits per heavy atom. The maximum absolute atomic E-state index is 12.6. The van der Waals surface area contributed by atoms with E-state index in [2.05, 4.69) is 47.6 Å². The zero-order valence-corrected chi connectivity index (χ0v) is 15.4. The lowest BCUT2D eigenvalue weighted by atomic mass is 10.1. The number of hydrogen-bond donors (Lipinski definition) is 0. The minimum atomic E-state index is 0.240. The van der Waals surface area contributed by atoms with Crippen molar-refractivity contribution in [3.63, 3.8) is 0 Å². The van der Waals surface area contributed by atoms with E-state index < -0.39 is 0 Å². The van der Waals surface area contributed by atoms with Crippen LogP contribution in [-0.2, 0) is 11.3 Å². The SMILES string of the molecule is CCC(C)Cn1c(C2CC(=O)N(C3CCCC3)C2)nc2ccccc21. The van der Waals surface area contributed by atoms with Gasteiger partial charge >= 0.3 is 0 Å². The van der Waals surface area contributed by atoms with E-state index in [4.69, 9.17) is 4.98 Å². The second-order valence-corrected chi connectivity index (χ2v) is 7.97. The molecule has 2 aromatic rings. The third-order valence-corrected chi connectivity index (χ3v) is 6.16. The molecule has 2 fully saturated rings. The number of aromatic nitrogens is 2. The van der Waals surface area contributed by atoms with E-state index in [1.54, 1.807) is 0 Å². The number of hydrogen-bond acceptors (Lipinski definition) is 2. The first kappa shape index (κ1) is 16.6. The van der Waals surface area contributed by atoms with Crippen molar-refractivity contribution in [2.24, 2.45) is 5.92 Å². The molecule has 2 heterocycles. The number of para-hydroxylation sites is 2. The Hall–Kier alpha value is -1.84. The van der Waals surface area contributed by atoms with Crippen LogP contribution in [0.3, 0.4) is 0 Å². The van der Waals surface area contributed by atoms with Gasteiger partial charge in [-0.25, -0.2) is 4.98 Å². The first-order chi connectivity index (χ1) is 12.2.